The fourth-order valence-electron chi connectivity index (χ4n) is 1.11. The molecule has 5 heteroatoms. The van der Waals surface area contributed by atoms with Gasteiger partial charge in [0.2, 0.25) is 5.91 Å². The average Bonchev–Trinajstić information content (AvgIpc) is 2.16. The van der Waals surface area contributed by atoms with E-state index in [1.165, 1.54) is 0 Å². The minimum absolute atomic E-state index is 0.158. The molecular weight excluding hydrogens is 194 g/mol. The summed E-state index contributed by atoms with van der Waals surface area (Å²) in [7, 11) is 1.57. The molecule has 0 saturated heterocycles. The minimum atomic E-state index is -0.900. The second kappa shape index (κ2) is 6.38. The minimum Gasteiger partial charge on any atom is -0.383 e. The standard InChI is InChI=1S/C10H19N3O2/c1-10(2,12)9(14)13(6-4-5-11)7-8-15-3/h4,6-8,12H2,1-3H3. The molecule has 0 aromatic heterocycles. The maximum atomic E-state index is 11.8. The fraction of sp³-hybridized carbons (Fsp3) is 0.800. The highest BCUT2D eigenvalue weighted by Crippen LogP contribution is 2.05. The summed E-state index contributed by atoms with van der Waals surface area (Å²) in [5.41, 5.74) is 4.81. The lowest BCUT2D eigenvalue weighted by Crippen LogP contribution is -2.52. The fourth-order valence-corrected chi connectivity index (χ4v) is 1.11. The number of ether oxygens (including phenoxy) is 1. The van der Waals surface area contributed by atoms with Gasteiger partial charge in [-0.05, 0) is 13.8 Å². The number of carbonyl (C=O) groups excluding carboxylic acids is 1. The number of carbonyl (C=O) groups is 1. The number of hydrogen-bond donors (Lipinski definition) is 1. The van der Waals surface area contributed by atoms with Crippen LogP contribution in [0.5, 0.6) is 0 Å². The van der Waals surface area contributed by atoms with Crippen LogP contribution in [0.15, 0.2) is 0 Å². The van der Waals surface area contributed by atoms with Crippen LogP contribution in [0.4, 0.5) is 0 Å². The second-order valence-corrected chi connectivity index (χ2v) is 3.91. The largest absolute Gasteiger partial charge is 0.383 e. The molecule has 0 bridgehead atoms. The highest BCUT2D eigenvalue weighted by Gasteiger charge is 2.27. The van der Waals surface area contributed by atoms with E-state index < -0.39 is 5.54 Å². The van der Waals surface area contributed by atoms with Gasteiger partial charge in [-0.2, -0.15) is 5.26 Å². The summed E-state index contributed by atoms with van der Waals surface area (Å²) in [5, 5.41) is 8.47. The van der Waals surface area contributed by atoms with E-state index in [0.29, 0.717) is 26.1 Å². The van der Waals surface area contributed by atoms with Crippen LogP contribution < -0.4 is 5.73 Å². The van der Waals surface area contributed by atoms with E-state index in [2.05, 4.69) is 0 Å². The van der Waals surface area contributed by atoms with Gasteiger partial charge in [-0.3, -0.25) is 4.79 Å². The summed E-state index contributed by atoms with van der Waals surface area (Å²) < 4.78 is 4.90. The van der Waals surface area contributed by atoms with Gasteiger partial charge in [0.1, 0.15) is 0 Å². The van der Waals surface area contributed by atoms with Gasteiger partial charge in [-0.15, -0.1) is 0 Å². The molecule has 0 spiro atoms. The van der Waals surface area contributed by atoms with Gasteiger partial charge in [0.15, 0.2) is 0 Å². The number of nitrogens with zero attached hydrogens (tertiary/aromatic N) is 2. The first-order chi connectivity index (χ1) is 6.93. The molecule has 0 aliphatic carbocycles. The highest BCUT2D eigenvalue weighted by atomic mass is 16.5. The highest BCUT2D eigenvalue weighted by molar-refractivity contribution is 5.85. The van der Waals surface area contributed by atoms with Gasteiger partial charge in [0, 0.05) is 20.2 Å². The van der Waals surface area contributed by atoms with Crippen molar-refractivity contribution in [1.29, 1.82) is 5.26 Å². The van der Waals surface area contributed by atoms with Crippen LogP contribution in [0.25, 0.3) is 0 Å². The van der Waals surface area contributed by atoms with E-state index in [-0.39, 0.29) is 5.91 Å². The van der Waals surface area contributed by atoms with Gasteiger partial charge >= 0.3 is 0 Å². The van der Waals surface area contributed by atoms with Crippen LogP contribution >= 0.6 is 0 Å². The van der Waals surface area contributed by atoms with Gasteiger partial charge in [0.25, 0.3) is 0 Å². The van der Waals surface area contributed by atoms with Gasteiger partial charge in [-0.1, -0.05) is 0 Å². The Morgan fingerprint density at radius 2 is 2.13 bits per heavy atom. The molecule has 0 unspecified atom stereocenters. The average molecular weight is 213 g/mol. The van der Waals surface area contributed by atoms with Crippen molar-refractivity contribution < 1.29 is 9.53 Å². The predicted molar refractivity (Wildman–Crippen MR) is 57.0 cm³/mol. The topological polar surface area (TPSA) is 79.3 Å². The summed E-state index contributed by atoms with van der Waals surface area (Å²) in [6.45, 7) is 4.63. The van der Waals surface area contributed by atoms with E-state index in [4.69, 9.17) is 15.7 Å². The van der Waals surface area contributed by atoms with Gasteiger partial charge in [-0.25, -0.2) is 0 Å². The van der Waals surface area contributed by atoms with Crippen LogP contribution in [-0.4, -0.2) is 43.2 Å². The predicted octanol–water partition coefficient (Wildman–Crippen LogP) is 0.112. The van der Waals surface area contributed by atoms with Crippen molar-refractivity contribution in [2.24, 2.45) is 5.73 Å². The molecule has 2 N–H and O–H groups in total. The molecule has 0 aliphatic heterocycles. The molecule has 1 amide bonds. The Balaban J connectivity index is 4.35. The third-order valence-electron chi connectivity index (χ3n) is 1.90. The number of hydrogen-bond acceptors (Lipinski definition) is 4. The van der Waals surface area contributed by atoms with Crippen molar-refractivity contribution in [3.8, 4) is 6.07 Å². The van der Waals surface area contributed by atoms with E-state index in [0.717, 1.165) is 0 Å². The van der Waals surface area contributed by atoms with E-state index in [1.54, 1.807) is 25.9 Å². The van der Waals surface area contributed by atoms with Crippen LogP contribution in [0.1, 0.15) is 20.3 Å². The van der Waals surface area contributed by atoms with E-state index >= 15 is 0 Å². The molecule has 15 heavy (non-hydrogen) atoms. The summed E-state index contributed by atoms with van der Waals surface area (Å²) in [5.74, 6) is -0.158. The summed E-state index contributed by atoms with van der Waals surface area (Å²) >= 11 is 0. The SMILES string of the molecule is COCCN(CCC#N)C(=O)C(C)(C)N. The monoisotopic (exact) mass is 213 g/mol. The number of nitriles is 1. The molecule has 0 aliphatic rings. The van der Waals surface area contributed by atoms with Crippen molar-refractivity contribution >= 4 is 5.91 Å². The lowest BCUT2D eigenvalue weighted by atomic mass is 10.1. The molecule has 86 valence electrons. The summed E-state index contributed by atoms with van der Waals surface area (Å²) in [4.78, 5) is 13.4. The second-order valence-electron chi connectivity index (χ2n) is 3.91. The van der Waals surface area contributed by atoms with Crippen LogP contribution in [-0.2, 0) is 9.53 Å². The maximum Gasteiger partial charge on any atom is 0.242 e. The van der Waals surface area contributed by atoms with E-state index in [9.17, 15) is 4.79 Å². The van der Waals surface area contributed by atoms with Gasteiger partial charge < -0.3 is 15.4 Å². The zero-order valence-electron chi connectivity index (χ0n) is 9.62. The first-order valence-electron chi connectivity index (χ1n) is 4.87. The van der Waals surface area contributed by atoms with Crippen LogP contribution in [0.2, 0.25) is 0 Å². The van der Waals surface area contributed by atoms with Crippen LogP contribution in [0.3, 0.4) is 0 Å². The maximum absolute atomic E-state index is 11.8. The smallest absolute Gasteiger partial charge is 0.242 e. The zero-order chi connectivity index (χ0) is 11.9. The Morgan fingerprint density at radius 1 is 1.53 bits per heavy atom. The van der Waals surface area contributed by atoms with Crippen molar-refractivity contribution in [1.82, 2.24) is 4.90 Å². The Morgan fingerprint density at radius 3 is 2.53 bits per heavy atom. The number of rotatable bonds is 6. The summed E-state index contributed by atoms with van der Waals surface area (Å²) in [6.07, 6.45) is 0.311. The molecule has 0 heterocycles. The van der Waals surface area contributed by atoms with Crippen LogP contribution in [0, 0.1) is 11.3 Å². The zero-order valence-corrected chi connectivity index (χ0v) is 9.62. The molecule has 5 nitrogen and oxygen atoms in total. The van der Waals surface area contributed by atoms with Crippen molar-refractivity contribution in [3.05, 3.63) is 0 Å². The van der Waals surface area contributed by atoms with Gasteiger partial charge in [0.05, 0.1) is 24.6 Å². The Labute approximate surface area is 90.8 Å². The molecule has 0 rings (SSSR count). The molecular formula is C10H19N3O2. The first-order valence-corrected chi connectivity index (χ1v) is 4.87. The third kappa shape index (κ3) is 5.35. The summed E-state index contributed by atoms with van der Waals surface area (Å²) in [6, 6.07) is 2.01. The molecule has 0 aromatic carbocycles. The number of nitrogens with two attached hydrogens (primary N) is 1. The number of methoxy groups -OCH3 is 1. The Hall–Kier alpha value is -1.12. The first kappa shape index (κ1) is 13.9. The van der Waals surface area contributed by atoms with Crippen molar-refractivity contribution in [2.45, 2.75) is 25.8 Å². The lowest BCUT2D eigenvalue weighted by molar-refractivity contribution is -0.136. The third-order valence-corrected chi connectivity index (χ3v) is 1.90. The molecule has 0 saturated carbocycles. The molecule has 0 atom stereocenters. The number of amides is 1. The molecule has 0 aromatic rings. The quantitative estimate of drug-likeness (QED) is 0.679. The normalized spacial score (nSPS) is 10.9. The molecule has 0 fully saturated rings. The Kier molecular flexibility index (Phi) is 5.90. The van der Waals surface area contributed by atoms with Crippen molar-refractivity contribution in [2.75, 3.05) is 26.8 Å². The van der Waals surface area contributed by atoms with Crippen molar-refractivity contribution in [3.63, 3.8) is 0 Å². The van der Waals surface area contributed by atoms with E-state index in [1.807, 2.05) is 6.07 Å². The lowest BCUT2D eigenvalue weighted by Gasteiger charge is -2.28. The molecule has 0 radical (unpaired) electrons. The Bertz CT molecular complexity index is 240.